The highest BCUT2D eigenvalue weighted by molar-refractivity contribution is 5.81. The number of carbonyl (C=O) groups is 1. The van der Waals surface area contributed by atoms with Crippen molar-refractivity contribution in [2.24, 2.45) is 24.6 Å². The fourth-order valence-corrected chi connectivity index (χ4v) is 4.62. The van der Waals surface area contributed by atoms with Gasteiger partial charge in [-0.05, 0) is 50.3 Å². The Morgan fingerprint density at radius 2 is 2.08 bits per heavy atom. The van der Waals surface area contributed by atoms with Crippen LogP contribution in [0.25, 0.3) is 11.0 Å². The lowest BCUT2D eigenvalue weighted by Crippen LogP contribution is -2.39. The average molecular weight is 326 g/mol. The maximum atomic E-state index is 13.2. The molecule has 1 aliphatic carbocycles. The van der Waals surface area contributed by atoms with Crippen molar-refractivity contribution >= 4 is 16.9 Å². The highest BCUT2D eigenvalue weighted by atomic mass is 16.2. The summed E-state index contributed by atoms with van der Waals surface area (Å²) in [5.74, 6) is 1.80. The largest absolute Gasteiger partial charge is 0.332 e. The first-order chi connectivity index (χ1) is 11.7. The number of nitrogens with two attached hydrogens (primary N) is 1. The Morgan fingerprint density at radius 1 is 1.25 bits per heavy atom. The van der Waals surface area contributed by atoms with Crippen LogP contribution in [0.2, 0.25) is 0 Å². The molecule has 2 fully saturated rings. The molecule has 2 aromatic rings. The van der Waals surface area contributed by atoms with Crippen molar-refractivity contribution in [1.29, 1.82) is 0 Å². The molecule has 0 spiro atoms. The summed E-state index contributed by atoms with van der Waals surface area (Å²) in [4.78, 5) is 20.1. The molecule has 5 nitrogen and oxygen atoms in total. The third-order valence-corrected chi connectivity index (χ3v) is 5.93. The average Bonchev–Trinajstić information content (AvgIpc) is 3.32. The minimum absolute atomic E-state index is 0.105. The second-order valence-electron chi connectivity index (χ2n) is 7.24. The van der Waals surface area contributed by atoms with Crippen LogP contribution in [-0.2, 0) is 11.8 Å². The van der Waals surface area contributed by atoms with E-state index in [0.717, 1.165) is 55.5 Å². The SMILES string of the molecule is Cn1c(C2CCCN2C(=O)[C@@H]2CCC[C@@H]2CN)nc2ccccc21. The first-order valence-corrected chi connectivity index (χ1v) is 9.12. The molecule has 2 heterocycles. The molecule has 1 saturated carbocycles. The highest BCUT2D eigenvalue weighted by Gasteiger charge is 2.40. The molecule has 3 atom stereocenters. The van der Waals surface area contributed by atoms with Crippen LogP contribution in [-0.4, -0.2) is 33.4 Å². The third kappa shape index (κ3) is 2.42. The van der Waals surface area contributed by atoms with Crippen LogP contribution < -0.4 is 5.73 Å². The normalized spacial score (nSPS) is 27.2. The van der Waals surface area contributed by atoms with Gasteiger partial charge in [0.2, 0.25) is 5.91 Å². The molecule has 1 aromatic carbocycles. The molecule has 1 saturated heterocycles. The van der Waals surface area contributed by atoms with E-state index in [1.54, 1.807) is 0 Å². The summed E-state index contributed by atoms with van der Waals surface area (Å²) in [6.45, 7) is 1.47. The van der Waals surface area contributed by atoms with Gasteiger partial charge in [0, 0.05) is 19.5 Å². The predicted molar refractivity (Wildman–Crippen MR) is 94.3 cm³/mol. The van der Waals surface area contributed by atoms with Crippen LogP contribution in [0, 0.1) is 11.8 Å². The molecule has 1 unspecified atom stereocenters. The van der Waals surface area contributed by atoms with Crippen molar-refractivity contribution in [3.63, 3.8) is 0 Å². The number of amides is 1. The number of imidazole rings is 1. The van der Waals surface area contributed by atoms with Crippen molar-refractivity contribution < 1.29 is 4.79 Å². The van der Waals surface area contributed by atoms with Gasteiger partial charge in [-0.25, -0.2) is 4.98 Å². The Labute approximate surface area is 142 Å². The molecule has 1 aromatic heterocycles. The van der Waals surface area contributed by atoms with Crippen LogP contribution in [0.5, 0.6) is 0 Å². The van der Waals surface area contributed by atoms with E-state index in [0.29, 0.717) is 18.4 Å². The number of fused-ring (bicyclic) bond motifs is 1. The van der Waals surface area contributed by atoms with Crippen LogP contribution in [0.15, 0.2) is 24.3 Å². The van der Waals surface area contributed by atoms with Crippen LogP contribution >= 0.6 is 0 Å². The summed E-state index contributed by atoms with van der Waals surface area (Å²) in [5, 5.41) is 0. The lowest BCUT2D eigenvalue weighted by atomic mass is 9.94. The van der Waals surface area contributed by atoms with E-state index in [9.17, 15) is 4.79 Å². The molecule has 1 aliphatic heterocycles. The quantitative estimate of drug-likeness (QED) is 0.943. The Balaban J connectivity index is 1.64. The van der Waals surface area contributed by atoms with E-state index in [4.69, 9.17) is 10.7 Å². The van der Waals surface area contributed by atoms with E-state index in [-0.39, 0.29) is 12.0 Å². The van der Waals surface area contributed by atoms with Crippen molar-refractivity contribution in [2.45, 2.75) is 38.1 Å². The van der Waals surface area contributed by atoms with Crippen molar-refractivity contribution in [3.05, 3.63) is 30.1 Å². The molecule has 1 amide bonds. The van der Waals surface area contributed by atoms with Gasteiger partial charge < -0.3 is 15.2 Å². The number of aryl methyl sites for hydroxylation is 1. The summed E-state index contributed by atoms with van der Waals surface area (Å²) in [6.07, 6.45) is 5.27. The van der Waals surface area contributed by atoms with Crippen molar-refractivity contribution in [1.82, 2.24) is 14.5 Å². The van der Waals surface area contributed by atoms with Crippen LogP contribution in [0.1, 0.15) is 44.0 Å². The molecular weight excluding hydrogens is 300 g/mol. The van der Waals surface area contributed by atoms with Gasteiger partial charge in [-0.15, -0.1) is 0 Å². The summed E-state index contributed by atoms with van der Waals surface area (Å²) < 4.78 is 2.15. The number of nitrogens with zero attached hydrogens (tertiary/aromatic N) is 3. The van der Waals surface area contributed by atoms with Gasteiger partial charge in [0.15, 0.2) is 0 Å². The van der Waals surface area contributed by atoms with Crippen molar-refractivity contribution in [3.8, 4) is 0 Å². The lowest BCUT2D eigenvalue weighted by molar-refractivity contribution is -0.137. The van der Waals surface area contributed by atoms with Crippen molar-refractivity contribution in [2.75, 3.05) is 13.1 Å². The van der Waals surface area contributed by atoms with E-state index in [1.807, 2.05) is 18.2 Å². The highest BCUT2D eigenvalue weighted by Crippen LogP contribution is 2.38. The molecule has 5 heteroatoms. The lowest BCUT2D eigenvalue weighted by Gasteiger charge is -2.29. The monoisotopic (exact) mass is 326 g/mol. The Morgan fingerprint density at radius 3 is 2.88 bits per heavy atom. The number of carbonyl (C=O) groups excluding carboxylic acids is 1. The number of hydrogen-bond acceptors (Lipinski definition) is 3. The summed E-state index contributed by atoms with van der Waals surface area (Å²) in [5.41, 5.74) is 8.04. The van der Waals surface area contributed by atoms with E-state index in [1.165, 1.54) is 0 Å². The van der Waals surface area contributed by atoms with Crippen LogP contribution in [0.3, 0.4) is 0 Å². The summed E-state index contributed by atoms with van der Waals surface area (Å²) in [6, 6.07) is 8.29. The minimum atomic E-state index is 0.105. The molecule has 2 aliphatic rings. The van der Waals surface area contributed by atoms with Gasteiger partial charge in [-0.3, -0.25) is 4.79 Å². The Hall–Kier alpha value is -1.88. The molecule has 2 N–H and O–H groups in total. The first-order valence-electron chi connectivity index (χ1n) is 9.12. The molecular formula is C19H26N4O. The second-order valence-corrected chi connectivity index (χ2v) is 7.24. The fraction of sp³-hybridized carbons (Fsp3) is 0.579. The molecule has 24 heavy (non-hydrogen) atoms. The van der Waals surface area contributed by atoms with Gasteiger partial charge >= 0.3 is 0 Å². The predicted octanol–water partition coefficient (Wildman–Crippen LogP) is 2.61. The first kappa shape index (κ1) is 15.6. The van der Waals surface area contributed by atoms with E-state index >= 15 is 0 Å². The van der Waals surface area contributed by atoms with Gasteiger partial charge in [0.1, 0.15) is 5.82 Å². The molecule has 128 valence electrons. The van der Waals surface area contributed by atoms with Gasteiger partial charge in [0.25, 0.3) is 0 Å². The number of likely N-dealkylation sites (tertiary alicyclic amines) is 1. The number of para-hydroxylation sites is 2. The Kier molecular flexibility index (Phi) is 4.04. The van der Waals surface area contributed by atoms with E-state index < -0.39 is 0 Å². The zero-order valence-electron chi connectivity index (χ0n) is 14.3. The minimum Gasteiger partial charge on any atom is -0.332 e. The van der Waals surface area contributed by atoms with Gasteiger partial charge in [-0.2, -0.15) is 0 Å². The van der Waals surface area contributed by atoms with Gasteiger partial charge in [-0.1, -0.05) is 18.6 Å². The number of hydrogen-bond donors (Lipinski definition) is 1. The molecule has 4 rings (SSSR count). The van der Waals surface area contributed by atoms with E-state index in [2.05, 4.69) is 22.6 Å². The maximum absolute atomic E-state index is 13.2. The summed E-state index contributed by atoms with van der Waals surface area (Å²) in [7, 11) is 2.06. The van der Waals surface area contributed by atoms with Gasteiger partial charge in [0.05, 0.1) is 17.1 Å². The third-order valence-electron chi connectivity index (χ3n) is 5.93. The smallest absolute Gasteiger partial charge is 0.226 e. The standard InChI is InChI=1S/C19H26N4O/c1-22-16-9-3-2-8-15(16)21-18(22)17-10-5-11-23(17)19(24)14-7-4-6-13(14)12-20/h2-3,8-9,13-14,17H,4-7,10-12,20H2,1H3/t13-,14-,17?/m1/s1. The second kappa shape index (κ2) is 6.20. The summed E-state index contributed by atoms with van der Waals surface area (Å²) >= 11 is 0. The topological polar surface area (TPSA) is 64.2 Å². The maximum Gasteiger partial charge on any atom is 0.226 e. The number of aromatic nitrogens is 2. The fourth-order valence-electron chi connectivity index (χ4n) is 4.62. The molecule has 0 bridgehead atoms. The number of benzene rings is 1. The van der Waals surface area contributed by atoms with Crippen LogP contribution in [0.4, 0.5) is 0 Å². The zero-order valence-corrected chi connectivity index (χ0v) is 14.3. The zero-order chi connectivity index (χ0) is 16.7. The molecule has 0 radical (unpaired) electrons. The number of rotatable bonds is 3. The Bertz CT molecular complexity index is 753.